The lowest BCUT2D eigenvalue weighted by molar-refractivity contribution is 0.688. The molecule has 0 heterocycles. The average molecular weight is 242 g/mol. The van der Waals surface area contributed by atoms with Gasteiger partial charge in [-0.2, -0.15) is 0 Å². The monoisotopic (exact) mass is 242 g/mol. The molecular formula is C15H14OS. The van der Waals surface area contributed by atoms with Gasteiger partial charge < -0.3 is 0 Å². The maximum absolute atomic E-state index is 11.9. The Hall–Kier alpha value is -1.67. The molecule has 0 saturated carbocycles. The van der Waals surface area contributed by atoms with E-state index in [4.69, 9.17) is 0 Å². The summed E-state index contributed by atoms with van der Waals surface area (Å²) in [5.74, 6) is 0. The Morgan fingerprint density at radius 3 is 2.24 bits per heavy atom. The SMILES string of the molecule is Cc1ccc(/C=C/[S@@](=O)c2ccccc2)cc1. The van der Waals surface area contributed by atoms with Gasteiger partial charge in [0.05, 0.1) is 10.8 Å². The van der Waals surface area contributed by atoms with Gasteiger partial charge >= 0.3 is 0 Å². The highest BCUT2D eigenvalue weighted by molar-refractivity contribution is 7.88. The molecule has 1 atom stereocenters. The van der Waals surface area contributed by atoms with Crippen LogP contribution in [0, 0.1) is 6.92 Å². The fourth-order valence-electron chi connectivity index (χ4n) is 1.45. The summed E-state index contributed by atoms with van der Waals surface area (Å²) in [6.45, 7) is 2.05. The highest BCUT2D eigenvalue weighted by Crippen LogP contribution is 2.10. The molecule has 0 bridgehead atoms. The summed E-state index contributed by atoms with van der Waals surface area (Å²) < 4.78 is 11.9. The second kappa shape index (κ2) is 5.60. The molecule has 0 saturated heterocycles. The molecule has 0 spiro atoms. The zero-order valence-electron chi connectivity index (χ0n) is 9.67. The second-order valence-electron chi connectivity index (χ2n) is 3.82. The van der Waals surface area contributed by atoms with Crippen LogP contribution in [0.4, 0.5) is 0 Å². The Kier molecular flexibility index (Phi) is 3.89. The van der Waals surface area contributed by atoms with Crippen molar-refractivity contribution in [2.75, 3.05) is 0 Å². The van der Waals surface area contributed by atoms with E-state index in [0.717, 1.165) is 10.5 Å². The largest absolute Gasteiger partial charge is 0.250 e. The van der Waals surface area contributed by atoms with Crippen LogP contribution in [0.15, 0.2) is 64.9 Å². The fraction of sp³-hybridized carbons (Fsp3) is 0.0667. The van der Waals surface area contributed by atoms with Crippen LogP contribution >= 0.6 is 0 Å². The van der Waals surface area contributed by atoms with Crippen LogP contribution in [0.2, 0.25) is 0 Å². The molecule has 0 aliphatic rings. The Morgan fingerprint density at radius 2 is 1.59 bits per heavy atom. The molecule has 17 heavy (non-hydrogen) atoms. The van der Waals surface area contributed by atoms with Crippen LogP contribution in [0.3, 0.4) is 0 Å². The smallest absolute Gasteiger partial charge is 0.0776 e. The van der Waals surface area contributed by atoms with Crippen molar-refractivity contribution < 1.29 is 4.21 Å². The number of benzene rings is 2. The summed E-state index contributed by atoms with van der Waals surface area (Å²) in [4.78, 5) is 0.830. The fourth-order valence-corrected chi connectivity index (χ4v) is 2.31. The van der Waals surface area contributed by atoms with E-state index in [0.29, 0.717) is 0 Å². The van der Waals surface area contributed by atoms with Gasteiger partial charge in [-0.3, -0.25) is 0 Å². The van der Waals surface area contributed by atoms with E-state index in [1.807, 2.05) is 60.7 Å². The lowest BCUT2D eigenvalue weighted by Crippen LogP contribution is -1.84. The van der Waals surface area contributed by atoms with Crippen LogP contribution < -0.4 is 0 Å². The maximum atomic E-state index is 11.9. The van der Waals surface area contributed by atoms with Gasteiger partial charge in [0.1, 0.15) is 0 Å². The first-order valence-electron chi connectivity index (χ1n) is 5.46. The number of hydrogen-bond donors (Lipinski definition) is 0. The maximum Gasteiger partial charge on any atom is 0.0776 e. The third kappa shape index (κ3) is 3.40. The van der Waals surface area contributed by atoms with Crippen LogP contribution in [0.5, 0.6) is 0 Å². The minimum Gasteiger partial charge on any atom is -0.250 e. The molecular weight excluding hydrogens is 228 g/mol. The summed E-state index contributed by atoms with van der Waals surface area (Å²) in [6, 6.07) is 17.6. The molecule has 0 aromatic heterocycles. The van der Waals surface area contributed by atoms with Crippen molar-refractivity contribution in [2.24, 2.45) is 0 Å². The van der Waals surface area contributed by atoms with Gasteiger partial charge in [0.25, 0.3) is 0 Å². The zero-order chi connectivity index (χ0) is 12.1. The Morgan fingerprint density at radius 1 is 0.941 bits per heavy atom. The first-order valence-corrected chi connectivity index (χ1v) is 6.67. The predicted octanol–water partition coefficient (Wildman–Crippen LogP) is 3.77. The second-order valence-corrected chi connectivity index (χ2v) is 5.16. The summed E-state index contributed by atoms with van der Waals surface area (Å²) in [5, 5.41) is 1.72. The lowest BCUT2D eigenvalue weighted by atomic mass is 10.2. The first kappa shape index (κ1) is 11.8. The van der Waals surface area contributed by atoms with Gasteiger partial charge in [0.2, 0.25) is 0 Å². The van der Waals surface area contributed by atoms with Gasteiger partial charge in [-0.05, 0) is 30.7 Å². The molecule has 2 heteroatoms. The van der Waals surface area contributed by atoms with E-state index in [1.165, 1.54) is 5.56 Å². The van der Waals surface area contributed by atoms with Gasteiger partial charge in [0.15, 0.2) is 0 Å². The number of rotatable bonds is 3. The van der Waals surface area contributed by atoms with E-state index in [2.05, 4.69) is 6.92 Å². The number of hydrogen-bond acceptors (Lipinski definition) is 1. The van der Waals surface area contributed by atoms with Crippen molar-refractivity contribution >= 4 is 16.9 Å². The minimum atomic E-state index is -1.07. The summed E-state index contributed by atoms with van der Waals surface area (Å²) in [5.41, 5.74) is 2.30. The van der Waals surface area contributed by atoms with Gasteiger partial charge in [-0.25, -0.2) is 4.21 Å². The predicted molar refractivity (Wildman–Crippen MR) is 73.1 cm³/mol. The van der Waals surface area contributed by atoms with Gasteiger partial charge in [-0.1, -0.05) is 48.0 Å². The van der Waals surface area contributed by atoms with Crippen molar-refractivity contribution in [1.29, 1.82) is 0 Å². The molecule has 2 rings (SSSR count). The quantitative estimate of drug-likeness (QED) is 0.800. The molecule has 0 aliphatic heterocycles. The van der Waals surface area contributed by atoms with Crippen molar-refractivity contribution in [1.82, 2.24) is 0 Å². The van der Waals surface area contributed by atoms with Gasteiger partial charge in [-0.15, -0.1) is 0 Å². The molecule has 86 valence electrons. The van der Waals surface area contributed by atoms with Crippen LogP contribution in [0.25, 0.3) is 6.08 Å². The summed E-state index contributed by atoms with van der Waals surface area (Å²) in [7, 11) is -1.07. The Labute approximate surface area is 104 Å². The molecule has 1 nitrogen and oxygen atoms in total. The molecule has 0 amide bonds. The Bertz CT molecular complexity index is 527. The molecule has 2 aromatic carbocycles. The van der Waals surface area contributed by atoms with E-state index < -0.39 is 10.8 Å². The van der Waals surface area contributed by atoms with Gasteiger partial charge in [0, 0.05) is 10.3 Å². The zero-order valence-corrected chi connectivity index (χ0v) is 10.5. The van der Waals surface area contributed by atoms with Crippen LogP contribution in [0.1, 0.15) is 11.1 Å². The van der Waals surface area contributed by atoms with E-state index >= 15 is 0 Å². The first-order chi connectivity index (χ1) is 8.25. The van der Waals surface area contributed by atoms with Crippen LogP contribution in [-0.2, 0) is 10.8 Å². The molecule has 0 radical (unpaired) electrons. The molecule has 0 fully saturated rings. The van der Waals surface area contributed by atoms with Crippen molar-refractivity contribution in [3.8, 4) is 0 Å². The van der Waals surface area contributed by atoms with Crippen molar-refractivity contribution in [3.05, 3.63) is 71.1 Å². The minimum absolute atomic E-state index is 0.830. The molecule has 0 N–H and O–H groups in total. The summed E-state index contributed by atoms with van der Waals surface area (Å²) >= 11 is 0. The highest BCUT2D eigenvalue weighted by Gasteiger charge is 1.97. The average Bonchev–Trinajstić information content (AvgIpc) is 2.39. The highest BCUT2D eigenvalue weighted by atomic mass is 32.2. The molecule has 2 aromatic rings. The third-order valence-corrected chi connectivity index (χ3v) is 3.56. The number of aryl methyl sites for hydroxylation is 1. The lowest BCUT2D eigenvalue weighted by Gasteiger charge is -1.96. The van der Waals surface area contributed by atoms with E-state index in [-0.39, 0.29) is 0 Å². The topological polar surface area (TPSA) is 17.1 Å². The Balaban J connectivity index is 2.11. The van der Waals surface area contributed by atoms with Crippen molar-refractivity contribution in [2.45, 2.75) is 11.8 Å². The van der Waals surface area contributed by atoms with E-state index in [9.17, 15) is 4.21 Å². The third-order valence-electron chi connectivity index (χ3n) is 2.44. The standard InChI is InChI=1S/C15H14OS/c1-13-7-9-14(10-8-13)11-12-17(16)15-5-3-2-4-6-15/h2-12H,1H3/b12-11+/t17-/m1/s1. The molecule has 0 unspecified atom stereocenters. The van der Waals surface area contributed by atoms with Crippen LogP contribution in [-0.4, -0.2) is 4.21 Å². The summed E-state index contributed by atoms with van der Waals surface area (Å²) in [6.07, 6.45) is 1.89. The van der Waals surface area contributed by atoms with E-state index in [1.54, 1.807) is 5.41 Å². The molecule has 0 aliphatic carbocycles. The van der Waals surface area contributed by atoms with Crippen molar-refractivity contribution in [3.63, 3.8) is 0 Å². The normalized spacial score (nSPS) is 12.8.